The molecule has 0 aliphatic carbocycles. The standard InChI is InChI=1S/C23H23N5O2S/c1-25-23(30)18-9-10-19(20-8-5-15-31-20)24-22(18)28(25)16-21(29)27-13-11-26(12-14-27)17-6-3-2-4-7-17/h2-10,15H,11-14,16H2,1H3. The van der Waals surface area contributed by atoms with Gasteiger partial charge in [-0.1, -0.05) is 24.3 Å². The Bertz CT molecular complexity index is 1270. The summed E-state index contributed by atoms with van der Waals surface area (Å²) in [6.45, 7) is 3.01. The van der Waals surface area contributed by atoms with Gasteiger partial charge in [-0.2, -0.15) is 0 Å². The predicted octanol–water partition coefficient (Wildman–Crippen LogP) is 2.81. The molecule has 1 saturated heterocycles. The molecule has 158 valence electrons. The van der Waals surface area contributed by atoms with Crippen LogP contribution in [0.15, 0.2) is 64.8 Å². The van der Waals surface area contributed by atoms with Crippen molar-refractivity contribution < 1.29 is 4.79 Å². The second-order valence-corrected chi connectivity index (χ2v) is 8.58. The lowest BCUT2D eigenvalue weighted by Gasteiger charge is -2.36. The lowest BCUT2D eigenvalue weighted by Crippen LogP contribution is -2.49. The molecule has 8 heteroatoms. The topological polar surface area (TPSA) is 63.4 Å². The maximum Gasteiger partial charge on any atom is 0.275 e. The molecule has 5 rings (SSSR count). The third-order valence-corrected chi connectivity index (χ3v) is 6.71. The van der Waals surface area contributed by atoms with Crippen molar-refractivity contribution in [2.45, 2.75) is 6.54 Å². The Morgan fingerprint density at radius 2 is 1.77 bits per heavy atom. The summed E-state index contributed by atoms with van der Waals surface area (Å²) in [4.78, 5) is 35.7. The van der Waals surface area contributed by atoms with Crippen LogP contribution in [0.25, 0.3) is 21.6 Å². The summed E-state index contributed by atoms with van der Waals surface area (Å²) in [6, 6.07) is 17.9. The zero-order valence-corrected chi connectivity index (χ0v) is 18.1. The monoisotopic (exact) mass is 433 g/mol. The molecule has 0 N–H and O–H groups in total. The van der Waals surface area contributed by atoms with Gasteiger partial charge in [0.25, 0.3) is 5.56 Å². The van der Waals surface area contributed by atoms with Crippen LogP contribution in [-0.4, -0.2) is 51.3 Å². The first-order valence-electron chi connectivity index (χ1n) is 10.3. The highest BCUT2D eigenvalue weighted by molar-refractivity contribution is 7.13. The molecular formula is C23H23N5O2S. The van der Waals surface area contributed by atoms with Crippen LogP contribution in [0.4, 0.5) is 5.69 Å². The van der Waals surface area contributed by atoms with Gasteiger partial charge in [-0.05, 0) is 35.7 Å². The molecule has 1 aliphatic rings. The number of benzene rings is 1. The van der Waals surface area contributed by atoms with E-state index in [9.17, 15) is 9.59 Å². The van der Waals surface area contributed by atoms with Crippen molar-refractivity contribution in [1.82, 2.24) is 19.2 Å². The minimum Gasteiger partial charge on any atom is -0.368 e. The number of hydrogen-bond acceptors (Lipinski definition) is 5. The zero-order valence-electron chi connectivity index (χ0n) is 17.3. The number of carbonyl (C=O) groups excluding carboxylic acids is 1. The summed E-state index contributed by atoms with van der Waals surface area (Å²) in [6.07, 6.45) is 0. The average molecular weight is 434 g/mol. The van der Waals surface area contributed by atoms with Crippen molar-refractivity contribution in [3.8, 4) is 10.6 Å². The summed E-state index contributed by atoms with van der Waals surface area (Å²) in [5.74, 6) is 0.00328. The first kappa shape index (κ1) is 19.6. The fourth-order valence-electron chi connectivity index (χ4n) is 4.06. The van der Waals surface area contributed by atoms with E-state index in [1.807, 2.05) is 46.7 Å². The number of aromatic nitrogens is 3. The number of rotatable bonds is 4. The molecule has 1 aromatic carbocycles. The van der Waals surface area contributed by atoms with Gasteiger partial charge < -0.3 is 9.80 Å². The number of para-hydroxylation sites is 1. The van der Waals surface area contributed by atoms with Crippen molar-refractivity contribution in [2.75, 3.05) is 31.1 Å². The molecular weight excluding hydrogens is 410 g/mol. The highest BCUT2D eigenvalue weighted by Gasteiger charge is 2.23. The van der Waals surface area contributed by atoms with Gasteiger partial charge in [0.1, 0.15) is 6.54 Å². The fraction of sp³-hybridized carbons (Fsp3) is 0.261. The largest absolute Gasteiger partial charge is 0.368 e. The van der Waals surface area contributed by atoms with Crippen molar-refractivity contribution in [3.63, 3.8) is 0 Å². The van der Waals surface area contributed by atoms with Gasteiger partial charge in [-0.3, -0.25) is 19.0 Å². The molecule has 0 atom stereocenters. The van der Waals surface area contributed by atoms with Crippen LogP contribution in [0.2, 0.25) is 0 Å². The lowest BCUT2D eigenvalue weighted by molar-refractivity contribution is -0.132. The Balaban J connectivity index is 1.36. The van der Waals surface area contributed by atoms with Crippen molar-refractivity contribution in [1.29, 1.82) is 0 Å². The zero-order chi connectivity index (χ0) is 21.4. The van der Waals surface area contributed by atoms with E-state index in [0.717, 1.165) is 23.7 Å². The molecule has 1 aliphatic heterocycles. The van der Waals surface area contributed by atoms with Crippen LogP contribution >= 0.6 is 11.3 Å². The SMILES string of the molecule is Cn1c(=O)c2ccc(-c3cccs3)nc2n1CC(=O)N1CCN(c2ccccc2)CC1. The first-order valence-corrected chi connectivity index (χ1v) is 11.2. The Morgan fingerprint density at radius 3 is 2.48 bits per heavy atom. The lowest BCUT2D eigenvalue weighted by atomic mass is 10.2. The summed E-state index contributed by atoms with van der Waals surface area (Å²) >= 11 is 1.60. The van der Waals surface area contributed by atoms with E-state index < -0.39 is 0 Å². The number of pyridine rings is 1. The molecule has 31 heavy (non-hydrogen) atoms. The normalized spacial score (nSPS) is 14.4. The molecule has 0 bridgehead atoms. The Hall–Kier alpha value is -3.39. The van der Waals surface area contributed by atoms with Crippen molar-refractivity contribution in [3.05, 3.63) is 70.3 Å². The van der Waals surface area contributed by atoms with E-state index in [0.29, 0.717) is 24.1 Å². The molecule has 0 unspecified atom stereocenters. The molecule has 4 aromatic rings. The minimum absolute atomic E-state index is 0.00328. The molecule has 4 heterocycles. The van der Waals surface area contributed by atoms with Gasteiger partial charge in [0.05, 0.1) is 16.0 Å². The molecule has 0 radical (unpaired) electrons. The van der Waals surface area contributed by atoms with E-state index in [-0.39, 0.29) is 18.0 Å². The second-order valence-electron chi connectivity index (χ2n) is 7.63. The van der Waals surface area contributed by atoms with Gasteiger partial charge in [0.15, 0.2) is 5.65 Å². The summed E-state index contributed by atoms with van der Waals surface area (Å²) in [5, 5.41) is 2.53. The average Bonchev–Trinajstić information content (AvgIpc) is 3.43. The highest BCUT2D eigenvalue weighted by Crippen LogP contribution is 2.24. The number of nitrogens with zero attached hydrogens (tertiary/aromatic N) is 5. The summed E-state index contributed by atoms with van der Waals surface area (Å²) in [5.41, 5.74) is 2.40. The number of carbonyl (C=O) groups is 1. The maximum atomic E-state index is 13.1. The third-order valence-electron chi connectivity index (χ3n) is 5.82. The third kappa shape index (κ3) is 3.63. The van der Waals surface area contributed by atoms with Crippen molar-refractivity contribution in [2.24, 2.45) is 7.05 Å². The number of hydrogen-bond donors (Lipinski definition) is 0. The van der Waals surface area contributed by atoms with E-state index in [2.05, 4.69) is 17.0 Å². The van der Waals surface area contributed by atoms with E-state index in [4.69, 9.17) is 4.98 Å². The van der Waals surface area contributed by atoms with Gasteiger partial charge in [-0.15, -0.1) is 11.3 Å². The minimum atomic E-state index is -0.137. The smallest absolute Gasteiger partial charge is 0.275 e. The van der Waals surface area contributed by atoms with Gasteiger partial charge >= 0.3 is 0 Å². The van der Waals surface area contributed by atoms with Crippen LogP contribution in [0, 0.1) is 0 Å². The summed E-state index contributed by atoms with van der Waals surface area (Å²) in [7, 11) is 1.69. The Labute approximate surface area is 183 Å². The van der Waals surface area contributed by atoms with Crippen molar-refractivity contribution >= 4 is 34.0 Å². The number of piperazine rings is 1. The van der Waals surface area contributed by atoms with Crippen LogP contribution in [0.5, 0.6) is 0 Å². The number of fused-ring (bicyclic) bond motifs is 1. The van der Waals surface area contributed by atoms with Gasteiger partial charge in [0.2, 0.25) is 5.91 Å². The molecule has 1 amide bonds. The first-order chi connectivity index (χ1) is 15.1. The quantitative estimate of drug-likeness (QED) is 0.497. The van der Waals surface area contributed by atoms with E-state index in [1.165, 1.54) is 10.4 Å². The molecule has 0 spiro atoms. The summed E-state index contributed by atoms with van der Waals surface area (Å²) < 4.78 is 3.19. The number of amides is 1. The molecule has 1 fully saturated rings. The highest BCUT2D eigenvalue weighted by atomic mass is 32.1. The van der Waals surface area contributed by atoms with Crippen LogP contribution < -0.4 is 10.5 Å². The van der Waals surface area contributed by atoms with Gasteiger partial charge in [0, 0.05) is 38.9 Å². The van der Waals surface area contributed by atoms with E-state index in [1.54, 1.807) is 29.1 Å². The molecule has 0 saturated carbocycles. The van der Waals surface area contributed by atoms with E-state index >= 15 is 0 Å². The van der Waals surface area contributed by atoms with Crippen LogP contribution in [-0.2, 0) is 18.4 Å². The number of anilines is 1. The molecule has 3 aromatic heterocycles. The Morgan fingerprint density at radius 1 is 1.00 bits per heavy atom. The Kier molecular flexibility index (Phi) is 5.07. The predicted molar refractivity (Wildman–Crippen MR) is 124 cm³/mol. The second kappa shape index (κ2) is 8.03. The van der Waals surface area contributed by atoms with Crippen LogP contribution in [0.1, 0.15) is 0 Å². The molecule has 7 nitrogen and oxygen atoms in total. The van der Waals surface area contributed by atoms with Gasteiger partial charge in [-0.25, -0.2) is 4.98 Å². The van der Waals surface area contributed by atoms with Crippen LogP contribution in [0.3, 0.4) is 0 Å². The maximum absolute atomic E-state index is 13.1. The fourth-order valence-corrected chi connectivity index (χ4v) is 4.76. The number of thiophene rings is 1.